The quantitative estimate of drug-likeness (QED) is 0.902. The lowest BCUT2D eigenvalue weighted by Gasteiger charge is -2.10. The minimum Gasteiger partial charge on any atom is -0.491 e. The average molecular weight is 311 g/mol. The van der Waals surface area contributed by atoms with Crippen molar-refractivity contribution < 1.29 is 14.3 Å². The monoisotopic (exact) mass is 311 g/mol. The average Bonchev–Trinajstić information content (AvgIpc) is 2.75. The minimum atomic E-state index is -0.149. The Balaban J connectivity index is 1.59. The molecular formula is C17H17N3O3. The van der Waals surface area contributed by atoms with Gasteiger partial charge in [0.15, 0.2) is 0 Å². The number of fused-ring (bicyclic) bond motifs is 1. The molecule has 2 heterocycles. The van der Waals surface area contributed by atoms with Crippen LogP contribution in [0.25, 0.3) is 0 Å². The Kier molecular flexibility index (Phi) is 4.52. The van der Waals surface area contributed by atoms with Gasteiger partial charge in [-0.15, -0.1) is 0 Å². The predicted molar refractivity (Wildman–Crippen MR) is 85.5 cm³/mol. The Bertz CT molecular complexity index is 716. The summed E-state index contributed by atoms with van der Waals surface area (Å²) in [6.07, 6.45) is 4.17. The third-order valence-electron chi connectivity index (χ3n) is 3.53. The van der Waals surface area contributed by atoms with E-state index in [0.717, 1.165) is 5.56 Å². The maximum atomic E-state index is 11.9. The van der Waals surface area contributed by atoms with Crippen LogP contribution in [0.5, 0.6) is 5.75 Å². The van der Waals surface area contributed by atoms with Crippen LogP contribution in [0.3, 0.4) is 0 Å². The molecule has 0 spiro atoms. The molecule has 118 valence electrons. The number of hydrogen-bond donors (Lipinski definition) is 2. The van der Waals surface area contributed by atoms with Gasteiger partial charge >= 0.3 is 0 Å². The molecule has 6 nitrogen and oxygen atoms in total. The first-order chi connectivity index (χ1) is 11.2. The van der Waals surface area contributed by atoms with Crippen molar-refractivity contribution in [3.8, 4) is 5.75 Å². The molecule has 1 aromatic heterocycles. The molecule has 23 heavy (non-hydrogen) atoms. The SMILES string of the molecule is O=C1CCOc2ccc(CCNC(=O)c3cccnc3)cc2N1. The molecule has 0 aliphatic carbocycles. The van der Waals surface area contributed by atoms with Gasteiger partial charge < -0.3 is 15.4 Å². The third kappa shape index (κ3) is 3.85. The second-order valence-electron chi connectivity index (χ2n) is 5.22. The van der Waals surface area contributed by atoms with Gasteiger partial charge in [0.1, 0.15) is 5.75 Å². The lowest BCUT2D eigenvalue weighted by atomic mass is 10.1. The van der Waals surface area contributed by atoms with Crippen LogP contribution in [0, 0.1) is 0 Å². The molecule has 1 aliphatic rings. The van der Waals surface area contributed by atoms with Crippen LogP contribution in [0.4, 0.5) is 5.69 Å². The summed E-state index contributed by atoms with van der Waals surface area (Å²) in [6.45, 7) is 0.890. The van der Waals surface area contributed by atoms with Crippen LogP contribution < -0.4 is 15.4 Å². The van der Waals surface area contributed by atoms with E-state index < -0.39 is 0 Å². The number of rotatable bonds is 4. The first-order valence-electron chi connectivity index (χ1n) is 7.46. The van der Waals surface area contributed by atoms with Crippen LogP contribution in [-0.2, 0) is 11.2 Å². The number of hydrogen-bond acceptors (Lipinski definition) is 4. The fourth-order valence-electron chi connectivity index (χ4n) is 2.34. The van der Waals surface area contributed by atoms with E-state index in [2.05, 4.69) is 15.6 Å². The smallest absolute Gasteiger partial charge is 0.252 e. The number of anilines is 1. The van der Waals surface area contributed by atoms with Crippen molar-refractivity contribution in [2.45, 2.75) is 12.8 Å². The van der Waals surface area contributed by atoms with E-state index in [9.17, 15) is 9.59 Å². The highest BCUT2D eigenvalue weighted by Crippen LogP contribution is 2.28. The van der Waals surface area contributed by atoms with Gasteiger partial charge in [0.2, 0.25) is 5.91 Å². The molecule has 0 atom stereocenters. The van der Waals surface area contributed by atoms with E-state index in [1.54, 1.807) is 18.3 Å². The standard InChI is InChI=1S/C17H17N3O3/c21-16-6-9-23-15-4-3-12(10-14(15)20-16)5-8-19-17(22)13-2-1-7-18-11-13/h1-4,7,10-11H,5-6,8-9H2,(H,19,22)(H,20,21). The lowest BCUT2D eigenvalue weighted by Crippen LogP contribution is -2.25. The van der Waals surface area contributed by atoms with E-state index in [-0.39, 0.29) is 11.8 Å². The van der Waals surface area contributed by atoms with Crippen molar-refractivity contribution >= 4 is 17.5 Å². The van der Waals surface area contributed by atoms with Crippen molar-refractivity contribution in [3.63, 3.8) is 0 Å². The fraction of sp³-hybridized carbons (Fsp3) is 0.235. The van der Waals surface area contributed by atoms with Crippen molar-refractivity contribution in [2.75, 3.05) is 18.5 Å². The Hall–Kier alpha value is -2.89. The molecule has 1 aromatic carbocycles. The normalized spacial score (nSPS) is 13.3. The third-order valence-corrected chi connectivity index (χ3v) is 3.53. The van der Waals surface area contributed by atoms with Gasteiger partial charge in [-0.1, -0.05) is 6.07 Å². The number of nitrogens with one attached hydrogen (secondary N) is 2. The van der Waals surface area contributed by atoms with Gasteiger partial charge in [-0.05, 0) is 36.2 Å². The summed E-state index contributed by atoms with van der Waals surface area (Å²) in [5.41, 5.74) is 2.24. The summed E-state index contributed by atoms with van der Waals surface area (Å²) in [5, 5.41) is 5.68. The summed E-state index contributed by atoms with van der Waals surface area (Å²) in [4.78, 5) is 27.4. The molecule has 0 radical (unpaired) electrons. The molecule has 2 N–H and O–H groups in total. The molecular weight excluding hydrogens is 294 g/mol. The highest BCUT2D eigenvalue weighted by molar-refractivity contribution is 5.94. The summed E-state index contributed by atoms with van der Waals surface area (Å²) >= 11 is 0. The van der Waals surface area contributed by atoms with Gasteiger partial charge in [0, 0.05) is 18.9 Å². The molecule has 0 bridgehead atoms. The summed E-state index contributed by atoms with van der Waals surface area (Å²) in [5.74, 6) is 0.481. The van der Waals surface area contributed by atoms with E-state index in [1.165, 1.54) is 6.20 Å². The number of amides is 2. The molecule has 0 unspecified atom stereocenters. The van der Waals surface area contributed by atoms with Gasteiger partial charge in [0.25, 0.3) is 5.91 Å². The Morgan fingerprint density at radius 3 is 3.09 bits per heavy atom. The zero-order valence-electron chi connectivity index (χ0n) is 12.5. The Morgan fingerprint density at radius 1 is 1.35 bits per heavy atom. The van der Waals surface area contributed by atoms with Crippen LogP contribution in [0.15, 0.2) is 42.7 Å². The highest BCUT2D eigenvalue weighted by Gasteiger charge is 2.14. The fourth-order valence-corrected chi connectivity index (χ4v) is 2.34. The van der Waals surface area contributed by atoms with E-state index in [4.69, 9.17) is 4.74 Å². The topological polar surface area (TPSA) is 80.3 Å². The van der Waals surface area contributed by atoms with Crippen molar-refractivity contribution in [3.05, 3.63) is 53.9 Å². The van der Waals surface area contributed by atoms with Crippen molar-refractivity contribution in [1.82, 2.24) is 10.3 Å². The largest absolute Gasteiger partial charge is 0.491 e. The maximum Gasteiger partial charge on any atom is 0.252 e. The molecule has 0 saturated heterocycles. The van der Waals surface area contributed by atoms with Crippen LogP contribution >= 0.6 is 0 Å². The van der Waals surface area contributed by atoms with Gasteiger partial charge in [0.05, 0.1) is 24.3 Å². The Labute approximate surface area is 133 Å². The lowest BCUT2D eigenvalue weighted by molar-refractivity contribution is -0.116. The molecule has 6 heteroatoms. The summed E-state index contributed by atoms with van der Waals surface area (Å²) in [7, 11) is 0. The number of carbonyl (C=O) groups excluding carboxylic acids is 2. The minimum absolute atomic E-state index is 0.0502. The second-order valence-corrected chi connectivity index (χ2v) is 5.22. The molecule has 2 amide bonds. The number of benzene rings is 1. The molecule has 1 aliphatic heterocycles. The first-order valence-corrected chi connectivity index (χ1v) is 7.46. The van der Waals surface area contributed by atoms with Crippen molar-refractivity contribution in [2.24, 2.45) is 0 Å². The molecule has 0 saturated carbocycles. The van der Waals surface area contributed by atoms with E-state index in [0.29, 0.717) is 43.0 Å². The van der Waals surface area contributed by atoms with Gasteiger partial charge in [-0.25, -0.2) is 0 Å². The summed E-state index contributed by atoms with van der Waals surface area (Å²) in [6, 6.07) is 9.11. The zero-order valence-corrected chi connectivity index (χ0v) is 12.5. The maximum absolute atomic E-state index is 11.9. The summed E-state index contributed by atoms with van der Waals surface area (Å²) < 4.78 is 5.51. The van der Waals surface area contributed by atoms with E-state index >= 15 is 0 Å². The van der Waals surface area contributed by atoms with Crippen molar-refractivity contribution in [1.29, 1.82) is 0 Å². The Morgan fingerprint density at radius 2 is 2.26 bits per heavy atom. The van der Waals surface area contributed by atoms with E-state index in [1.807, 2.05) is 18.2 Å². The second kappa shape index (κ2) is 6.91. The highest BCUT2D eigenvalue weighted by atomic mass is 16.5. The first kappa shape index (κ1) is 15.0. The zero-order chi connectivity index (χ0) is 16.1. The molecule has 2 aromatic rings. The number of carbonyl (C=O) groups is 2. The number of pyridine rings is 1. The molecule has 3 rings (SSSR count). The van der Waals surface area contributed by atoms with Gasteiger partial charge in [-0.2, -0.15) is 0 Å². The van der Waals surface area contributed by atoms with Crippen LogP contribution in [-0.4, -0.2) is 29.9 Å². The number of nitrogens with zero attached hydrogens (tertiary/aromatic N) is 1. The van der Waals surface area contributed by atoms with Gasteiger partial charge in [-0.3, -0.25) is 14.6 Å². The number of ether oxygens (including phenoxy) is 1. The number of aromatic nitrogens is 1. The van der Waals surface area contributed by atoms with Crippen LogP contribution in [0.2, 0.25) is 0 Å². The predicted octanol–water partition coefficient (Wildman–Crippen LogP) is 1.78. The van der Waals surface area contributed by atoms with Crippen LogP contribution in [0.1, 0.15) is 22.3 Å². The molecule has 0 fully saturated rings.